The fourth-order valence-electron chi connectivity index (χ4n) is 4.00. The zero-order valence-electron chi connectivity index (χ0n) is 15.9. The van der Waals surface area contributed by atoms with Crippen LogP contribution in [0.2, 0.25) is 0 Å². The molecule has 142 valence electrons. The lowest BCUT2D eigenvalue weighted by molar-refractivity contribution is 0.151. The molecule has 1 N–H and O–H groups in total. The van der Waals surface area contributed by atoms with Crippen molar-refractivity contribution < 1.29 is 14.4 Å². The summed E-state index contributed by atoms with van der Waals surface area (Å²) in [7, 11) is 1.68. The van der Waals surface area contributed by atoms with E-state index in [1.165, 1.54) is 19.3 Å². The van der Waals surface area contributed by atoms with E-state index < -0.39 is 0 Å². The maximum absolute atomic E-state index is 10.5. The van der Waals surface area contributed by atoms with Crippen LogP contribution in [0.5, 0.6) is 11.5 Å². The first-order valence-corrected chi connectivity index (χ1v) is 9.62. The zero-order valence-corrected chi connectivity index (χ0v) is 15.9. The number of hydrogen-bond acceptors (Lipinski definition) is 5. The van der Waals surface area contributed by atoms with E-state index in [-0.39, 0.29) is 5.75 Å². The molecule has 0 amide bonds. The summed E-state index contributed by atoms with van der Waals surface area (Å²) in [4.78, 5) is 2.42. The molecule has 1 atom stereocenters. The van der Waals surface area contributed by atoms with Gasteiger partial charge in [-0.1, -0.05) is 29.8 Å². The van der Waals surface area contributed by atoms with Crippen LogP contribution in [0, 0.1) is 0 Å². The highest BCUT2D eigenvalue weighted by molar-refractivity contribution is 5.84. The lowest BCUT2D eigenvalue weighted by atomic mass is 10.0. The molecule has 2 aromatic carbocycles. The van der Waals surface area contributed by atoms with Crippen molar-refractivity contribution in [2.75, 3.05) is 13.7 Å². The number of hydrogen-bond donors (Lipinski definition) is 1. The van der Waals surface area contributed by atoms with Gasteiger partial charge in [-0.25, -0.2) is 0 Å². The maximum Gasteiger partial charge on any atom is 0.175 e. The smallest absolute Gasteiger partial charge is 0.175 e. The number of para-hydroxylation sites is 1. The molecule has 1 aliphatic heterocycles. The van der Waals surface area contributed by atoms with E-state index in [2.05, 4.69) is 17.0 Å². The number of benzene rings is 2. The number of phenols is 1. The van der Waals surface area contributed by atoms with E-state index in [1.807, 2.05) is 30.3 Å². The van der Waals surface area contributed by atoms with Crippen LogP contribution in [0.25, 0.3) is 11.0 Å². The van der Waals surface area contributed by atoms with Crippen LogP contribution >= 0.6 is 0 Å². The van der Waals surface area contributed by atoms with Crippen LogP contribution in [-0.4, -0.2) is 34.9 Å². The Morgan fingerprint density at radius 1 is 1.22 bits per heavy atom. The Labute approximate surface area is 159 Å². The third-order valence-electron chi connectivity index (χ3n) is 5.65. The number of rotatable bonds is 5. The fraction of sp³-hybridized carbons (Fsp3) is 0.409. The van der Waals surface area contributed by atoms with Crippen LogP contribution in [0.3, 0.4) is 0 Å². The van der Waals surface area contributed by atoms with Crippen molar-refractivity contribution in [1.29, 1.82) is 0 Å². The third kappa shape index (κ3) is 3.52. The molecule has 1 aliphatic rings. The van der Waals surface area contributed by atoms with Crippen LogP contribution in [0.1, 0.15) is 43.0 Å². The van der Waals surface area contributed by atoms with E-state index >= 15 is 0 Å². The first-order valence-electron chi connectivity index (χ1n) is 9.62. The van der Waals surface area contributed by atoms with Crippen LogP contribution < -0.4 is 4.74 Å². The van der Waals surface area contributed by atoms with Gasteiger partial charge in [-0.15, -0.1) is 0 Å². The monoisotopic (exact) mass is 366 g/mol. The lowest BCUT2D eigenvalue weighted by Gasteiger charge is -2.33. The van der Waals surface area contributed by atoms with Gasteiger partial charge in [0.2, 0.25) is 0 Å². The number of methoxy groups -OCH3 is 1. The van der Waals surface area contributed by atoms with Crippen LogP contribution in [0.15, 0.2) is 40.9 Å². The molecule has 27 heavy (non-hydrogen) atoms. The molecule has 1 saturated heterocycles. The van der Waals surface area contributed by atoms with Crippen molar-refractivity contribution in [1.82, 2.24) is 10.1 Å². The second-order valence-corrected chi connectivity index (χ2v) is 7.37. The zero-order chi connectivity index (χ0) is 18.8. The van der Waals surface area contributed by atoms with Crippen molar-refractivity contribution in [2.24, 2.45) is 0 Å². The standard InChI is InChI=1S/C22H26N2O3/c1-15-7-5-6-12-24(15)14-18-20(25)11-10-17-19(23-27-22(17)18)13-16-8-3-4-9-21(16)26-2/h3-4,8-11,15,25H,5-7,12-14H2,1-2H3. The molecular weight excluding hydrogens is 340 g/mol. The molecule has 3 aromatic rings. The Kier molecular flexibility index (Phi) is 5.03. The number of aromatic hydroxyl groups is 1. The molecule has 5 nitrogen and oxygen atoms in total. The number of nitrogens with zero attached hydrogens (tertiary/aromatic N) is 2. The van der Waals surface area contributed by atoms with Gasteiger partial charge in [-0.3, -0.25) is 4.90 Å². The summed E-state index contributed by atoms with van der Waals surface area (Å²) in [5.41, 5.74) is 3.45. The van der Waals surface area contributed by atoms with Gasteiger partial charge >= 0.3 is 0 Å². The third-order valence-corrected chi connectivity index (χ3v) is 5.65. The summed E-state index contributed by atoms with van der Waals surface area (Å²) >= 11 is 0. The number of aromatic nitrogens is 1. The lowest BCUT2D eigenvalue weighted by Crippen LogP contribution is -2.36. The van der Waals surface area contributed by atoms with E-state index in [4.69, 9.17) is 9.26 Å². The Balaban J connectivity index is 1.67. The number of fused-ring (bicyclic) bond motifs is 1. The second kappa shape index (κ2) is 7.61. The Hall–Kier alpha value is -2.53. The van der Waals surface area contributed by atoms with Gasteiger partial charge in [0.1, 0.15) is 11.5 Å². The molecule has 1 fully saturated rings. The minimum atomic E-state index is 0.278. The van der Waals surface area contributed by atoms with Gasteiger partial charge in [0.25, 0.3) is 0 Å². The summed E-state index contributed by atoms with van der Waals surface area (Å²) in [6, 6.07) is 12.1. The fourth-order valence-corrected chi connectivity index (χ4v) is 4.00. The van der Waals surface area contributed by atoms with E-state index in [9.17, 15) is 5.11 Å². The Morgan fingerprint density at radius 2 is 2.07 bits per heavy atom. The average molecular weight is 366 g/mol. The predicted molar refractivity (Wildman–Crippen MR) is 105 cm³/mol. The predicted octanol–water partition coefficient (Wildman–Crippen LogP) is 4.51. The first-order chi connectivity index (χ1) is 13.2. The molecule has 1 aromatic heterocycles. The maximum atomic E-state index is 10.5. The van der Waals surface area contributed by atoms with E-state index in [0.717, 1.165) is 34.5 Å². The minimum Gasteiger partial charge on any atom is -0.507 e. The molecule has 4 rings (SSSR count). The normalized spacial score (nSPS) is 18.1. The van der Waals surface area contributed by atoms with Gasteiger partial charge in [0, 0.05) is 30.0 Å². The minimum absolute atomic E-state index is 0.278. The van der Waals surface area contributed by atoms with Crippen molar-refractivity contribution in [2.45, 2.75) is 45.2 Å². The van der Waals surface area contributed by atoms with Crippen molar-refractivity contribution in [3.05, 3.63) is 53.2 Å². The van der Waals surface area contributed by atoms with E-state index in [0.29, 0.717) is 24.6 Å². The Bertz CT molecular complexity index is 934. The molecule has 0 aliphatic carbocycles. The van der Waals surface area contributed by atoms with E-state index in [1.54, 1.807) is 13.2 Å². The second-order valence-electron chi connectivity index (χ2n) is 7.37. The molecule has 0 radical (unpaired) electrons. The molecule has 0 saturated carbocycles. The molecule has 2 heterocycles. The summed E-state index contributed by atoms with van der Waals surface area (Å²) in [6.45, 7) is 4.00. The molecule has 1 unspecified atom stereocenters. The summed E-state index contributed by atoms with van der Waals surface area (Å²) in [5.74, 6) is 1.12. The van der Waals surface area contributed by atoms with Crippen LogP contribution in [-0.2, 0) is 13.0 Å². The summed E-state index contributed by atoms with van der Waals surface area (Å²) in [6.07, 6.45) is 4.31. The van der Waals surface area contributed by atoms with Gasteiger partial charge < -0.3 is 14.4 Å². The molecular formula is C22H26N2O3. The number of phenolic OH excluding ortho intramolecular Hbond substituents is 1. The summed E-state index contributed by atoms with van der Waals surface area (Å²) < 4.78 is 11.2. The van der Waals surface area contributed by atoms with Gasteiger partial charge in [0.05, 0.1) is 18.4 Å². The van der Waals surface area contributed by atoms with Gasteiger partial charge in [-0.2, -0.15) is 0 Å². The van der Waals surface area contributed by atoms with Gasteiger partial charge in [0.15, 0.2) is 5.58 Å². The van der Waals surface area contributed by atoms with Crippen molar-refractivity contribution in [3.63, 3.8) is 0 Å². The SMILES string of the molecule is COc1ccccc1Cc1noc2c(CN3CCCCC3C)c(O)ccc12. The average Bonchev–Trinajstić information content (AvgIpc) is 3.09. The number of ether oxygens (including phenoxy) is 1. The first kappa shape index (κ1) is 17.9. The number of piperidine rings is 1. The Morgan fingerprint density at radius 3 is 2.89 bits per heavy atom. The topological polar surface area (TPSA) is 58.7 Å². The highest BCUT2D eigenvalue weighted by Crippen LogP contribution is 2.33. The number of likely N-dealkylation sites (tertiary alicyclic amines) is 1. The molecule has 0 spiro atoms. The van der Waals surface area contributed by atoms with Crippen LogP contribution in [0.4, 0.5) is 0 Å². The molecule has 0 bridgehead atoms. The highest BCUT2D eigenvalue weighted by atomic mass is 16.5. The molecule has 5 heteroatoms. The van der Waals surface area contributed by atoms with Crippen molar-refractivity contribution >= 4 is 11.0 Å². The summed E-state index contributed by atoms with van der Waals surface area (Å²) in [5, 5.41) is 15.7. The van der Waals surface area contributed by atoms with Gasteiger partial charge in [-0.05, 0) is 44.5 Å². The quantitative estimate of drug-likeness (QED) is 0.720. The van der Waals surface area contributed by atoms with Crippen molar-refractivity contribution in [3.8, 4) is 11.5 Å². The largest absolute Gasteiger partial charge is 0.507 e. The highest BCUT2D eigenvalue weighted by Gasteiger charge is 2.23.